The maximum absolute atomic E-state index is 13.0. The lowest BCUT2D eigenvalue weighted by molar-refractivity contribution is 0.0667. The number of methoxy groups -OCH3 is 2. The SMILES string of the molecule is COc1ccc(C(=O)N2CCCC(Cc3nc(-c4cnccn4)no3)C2)cc1OC. The largest absolute Gasteiger partial charge is 0.493 e. The molecule has 30 heavy (non-hydrogen) atoms. The van der Waals surface area contributed by atoms with Crippen LogP contribution in [0.15, 0.2) is 41.3 Å². The summed E-state index contributed by atoms with van der Waals surface area (Å²) >= 11 is 0. The maximum atomic E-state index is 13.0. The van der Waals surface area contributed by atoms with Gasteiger partial charge >= 0.3 is 0 Å². The average molecular weight is 409 g/mol. The molecule has 0 spiro atoms. The molecule has 1 aliphatic rings. The van der Waals surface area contributed by atoms with Crippen LogP contribution >= 0.6 is 0 Å². The number of carbonyl (C=O) groups is 1. The maximum Gasteiger partial charge on any atom is 0.254 e. The van der Waals surface area contributed by atoms with Gasteiger partial charge in [0.15, 0.2) is 11.5 Å². The highest BCUT2D eigenvalue weighted by molar-refractivity contribution is 5.95. The summed E-state index contributed by atoms with van der Waals surface area (Å²) in [5, 5.41) is 3.99. The molecule has 1 fully saturated rings. The van der Waals surface area contributed by atoms with Crippen molar-refractivity contribution in [2.75, 3.05) is 27.3 Å². The fraction of sp³-hybridized carbons (Fsp3) is 0.381. The highest BCUT2D eigenvalue weighted by Gasteiger charge is 2.27. The van der Waals surface area contributed by atoms with Gasteiger partial charge in [0.2, 0.25) is 11.7 Å². The lowest BCUT2D eigenvalue weighted by atomic mass is 9.94. The third-order valence-corrected chi connectivity index (χ3v) is 5.16. The van der Waals surface area contributed by atoms with Crippen LogP contribution in [-0.4, -0.2) is 58.2 Å². The second-order valence-electron chi connectivity index (χ2n) is 7.14. The van der Waals surface area contributed by atoms with Crippen LogP contribution in [0, 0.1) is 5.92 Å². The summed E-state index contributed by atoms with van der Waals surface area (Å²) in [6.07, 6.45) is 7.32. The van der Waals surface area contributed by atoms with Gasteiger partial charge in [0.25, 0.3) is 5.91 Å². The molecule has 1 amide bonds. The quantitative estimate of drug-likeness (QED) is 0.612. The molecule has 3 heterocycles. The van der Waals surface area contributed by atoms with Gasteiger partial charge in [-0.3, -0.25) is 9.78 Å². The highest BCUT2D eigenvalue weighted by Crippen LogP contribution is 2.29. The zero-order valence-electron chi connectivity index (χ0n) is 16.9. The smallest absolute Gasteiger partial charge is 0.254 e. The summed E-state index contributed by atoms with van der Waals surface area (Å²) in [6, 6.07) is 5.23. The van der Waals surface area contributed by atoms with Gasteiger partial charge in [-0.15, -0.1) is 0 Å². The second-order valence-corrected chi connectivity index (χ2v) is 7.14. The zero-order chi connectivity index (χ0) is 20.9. The molecule has 1 aromatic carbocycles. The normalized spacial score (nSPS) is 16.3. The van der Waals surface area contributed by atoms with Gasteiger partial charge in [-0.2, -0.15) is 4.98 Å². The number of carbonyl (C=O) groups excluding carboxylic acids is 1. The van der Waals surface area contributed by atoms with E-state index in [1.54, 1.807) is 51.0 Å². The van der Waals surface area contributed by atoms with Crippen LogP contribution in [0.5, 0.6) is 11.5 Å². The Balaban J connectivity index is 1.42. The average Bonchev–Trinajstić information content (AvgIpc) is 3.27. The number of amides is 1. The predicted octanol–water partition coefficient (Wildman–Crippen LogP) is 2.64. The van der Waals surface area contributed by atoms with Gasteiger partial charge in [0.05, 0.1) is 20.4 Å². The Bertz CT molecular complexity index is 1010. The van der Waals surface area contributed by atoms with Crippen molar-refractivity contribution in [3.63, 3.8) is 0 Å². The summed E-state index contributed by atoms with van der Waals surface area (Å²) in [7, 11) is 3.13. The van der Waals surface area contributed by atoms with E-state index in [2.05, 4.69) is 20.1 Å². The number of piperidine rings is 1. The highest BCUT2D eigenvalue weighted by atomic mass is 16.5. The summed E-state index contributed by atoms with van der Waals surface area (Å²) in [4.78, 5) is 27.5. The Kier molecular flexibility index (Phi) is 5.87. The molecule has 1 saturated heterocycles. The first-order valence-corrected chi connectivity index (χ1v) is 9.78. The van der Waals surface area contributed by atoms with Crippen molar-refractivity contribution in [3.8, 4) is 23.0 Å². The third-order valence-electron chi connectivity index (χ3n) is 5.16. The predicted molar refractivity (Wildman–Crippen MR) is 107 cm³/mol. The van der Waals surface area contributed by atoms with E-state index >= 15 is 0 Å². The molecular weight excluding hydrogens is 386 g/mol. The molecule has 1 atom stereocenters. The summed E-state index contributed by atoms with van der Waals surface area (Å²) in [6.45, 7) is 1.36. The van der Waals surface area contributed by atoms with Crippen molar-refractivity contribution in [2.24, 2.45) is 5.92 Å². The van der Waals surface area contributed by atoms with E-state index in [9.17, 15) is 4.79 Å². The Morgan fingerprint density at radius 3 is 2.87 bits per heavy atom. The number of benzene rings is 1. The Morgan fingerprint density at radius 2 is 2.10 bits per heavy atom. The molecule has 1 aliphatic heterocycles. The molecule has 4 rings (SSSR count). The number of nitrogens with zero attached hydrogens (tertiary/aromatic N) is 5. The molecule has 0 saturated carbocycles. The van der Waals surface area contributed by atoms with Crippen molar-refractivity contribution < 1.29 is 18.8 Å². The fourth-order valence-electron chi connectivity index (χ4n) is 3.67. The van der Waals surface area contributed by atoms with E-state index in [4.69, 9.17) is 14.0 Å². The van der Waals surface area contributed by atoms with Gasteiger partial charge in [-0.25, -0.2) is 4.98 Å². The van der Waals surface area contributed by atoms with Gasteiger partial charge in [0, 0.05) is 37.5 Å². The molecule has 0 N–H and O–H groups in total. The number of hydrogen-bond donors (Lipinski definition) is 0. The van der Waals surface area contributed by atoms with Crippen LogP contribution < -0.4 is 9.47 Å². The van der Waals surface area contributed by atoms with Crippen molar-refractivity contribution in [1.82, 2.24) is 25.0 Å². The lowest BCUT2D eigenvalue weighted by Gasteiger charge is -2.32. The molecule has 0 aliphatic carbocycles. The van der Waals surface area contributed by atoms with E-state index in [1.807, 2.05) is 4.90 Å². The van der Waals surface area contributed by atoms with Gasteiger partial charge in [-0.05, 0) is 37.0 Å². The first-order chi connectivity index (χ1) is 14.7. The summed E-state index contributed by atoms with van der Waals surface area (Å²) < 4.78 is 16.0. The molecule has 9 nitrogen and oxygen atoms in total. The van der Waals surface area contributed by atoms with Crippen molar-refractivity contribution >= 4 is 5.91 Å². The molecule has 1 unspecified atom stereocenters. The van der Waals surface area contributed by atoms with E-state index in [-0.39, 0.29) is 11.8 Å². The van der Waals surface area contributed by atoms with Gasteiger partial charge in [-0.1, -0.05) is 5.16 Å². The number of aromatic nitrogens is 4. The Hall–Kier alpha value is -3.49. The number of likely N-dealkylation sites (tertiary alicyclic amines) is 1. The van der Waals surface area contributed by atoms with Crippen molar-refractivity contribution in [1.29, 1.82) is 0 Å². The van der Waals surface area contributed by atoms with Crippen LogP contribution in [0.25, 0.3) is 11.5 Å². The minimum atomic E-state index is -0.0218. The van der Waals surface area contributed by atoms with Crippen LogP contribution in [0.2, 0.25) is 0 Å². The molecule has 0 bridgehead atoms. The van der Waals surface area contributed by atoms with Crippen LogP contribution in [0.3, 0.4) is 0 Å². The minimum Gasteiger partial charge on any atom is -0.493 e. The summed E-state index contributed by atoms with van der Waals surface area (Å²) in [5.41, 5.74) is 1.15. The second kappa shape index (κ2) is 8.89. The first kappa shape index (κ1) is 19.8. The van der Waals surface area contributed by atoms with E-state index < -0.39 is 0 Å². The Labute approximate surface area is 174 Å². The number of rotatable bonds is 6. The van der Waals surface area contributed by atoms with E-state index in [1.165, 1.54) is 0 Å². The number of ether oxygens (including phenoxy) is 2. The Morgan fingerprint density at radius 1 is 1.23 bits per heavy atom. The monoisotopic (exact) mass is 409 g/mol. The minimum absolute atomic E-state index is 0.0218. The van der Waals surface area contributed by atoms with Crippen LogP contribution in [0.4, 0.5) is 0 Å². The van der Waals surface area contributed by atoms with Crippen molar-refractivity contribution in [3.05, 3.63) is 48.2 Å². The zero-order valence-corrected chi connectivity index (χ0v) is 16.9. The molecule has 156 valence electrons. The molecule has 0 radical (unpaired) electrons. The fourth-order valence-corrected chi connectivity index (χ4v) is 3.67. The topological polar surface area (TPSA) is 103 Å². The van der Waals surface area contributed by atoms with Crippen LogP contribution in [-0.2, 0) is 6.42 Å². The lowest BCUT2D eigenvalue weighted by Crippen LogP contribution is -2.40. The molecule has 3 aromatic rings. The third kappa shape index (κ3) is 4.24. The van der Waals surface area contributed by atoms with E-state index in [0.29, 0.717) is 47.4 Å². The van der Waals surface area contributed by atoms with Gasteiger partial charge < -0.3 is 18.9 Å². The molecule has 2 aromatic heterocycles. The molecular formula is C21H23N5O4. The molecule has 9 heteroatoms. The van der Waals surface area contributed by atoms with E-state index in [0.717, 1.165) is 19.4 Å². The van der Waals surface area contributed by atoms with Crippen molar-refractivity contribution in [2.45, 2.75) is 19.3 Å². The number of hydrogen-bond acceptors (Lipinski definition) is 8. The summed E-state index contributed by atoms with van der Waals surface area (Å²) in [5.74, 6) is 2.33. The first-order valence-electron chi connectivity index (χ1n) is 9.78. The van der Waals surface area contributed by atoms with Crippen LogP contribution in [0.1, 0.15) is 29.1 Å². The standard InChI is InChI=1S/C21H23N5O4/c1-28-17-6-5-15(11-18(17)29-2)21(27)26-9-3-4-14(13-26)10-19-24-20(25-30-19)16-12-22-7-8-23-16/h5-8,11-12,14H,3-4,9-10,13H2,1-2H3. The van der Waals surface area contributed by atoms with Gasteiger partial charge in [0.1, 0.15) is 5.69 Å².